The van der Waals surface area contributed by atoms with Crippen LogP contribution in [-0.2, 0) is 0 Å². The predicted molar refractivity (Wildman–Crippen MR) is 124 cm³/mol. The molecule has 1 fully saturated rings. The van der Waals surface area contributed by atoms with Crippen molar-refractivity contribution in [2.24, 2.45) is 0 Å². The topological polar surface area (TPSA) is 93.6 Å². The summed E-state index contributed by atoms with van der Waals surface area (Å²) in [7, 11) is 2.15. The second-order valence-electron chi connectivity index (χ2n) is 7.40. The molecular weight excluding hydrogens is 412 g/mol. The van der Waals surface area contributed by atoms with Gasteiger partial charge in [-0.2, -0.15) is 0 Å². The fraction of sp³-hybridized carbons (Fsp3) is 0.318. The van der Waals surface area contributed by atoms with Gasteiger partial charge in [-0.1, -0.05) is 23.5 Å². The number of nitrogens with one attached hydrogen (secondary N) is 2. The summed E-state index contributed by atoms with van der Waals surface area (Å²) in [5.41, 5.74) is 2.71. The van der Waals surface area contributed by atoms with Crippen LogP contribution in [0.3, 0.4) is 0 Å². The third kappa shape index (κ3) is 5.38. The second-order valence-corrected chi connectivity index (χ2v) is 8.43. The highest BCUT2D eigenvalue weighted by molar-refractivity contribution is 7.18. The maximum Gasteiger partial charge on any atom is 0.251 e. The first-order valence-corrected chi connectivity index (χ1v) is 11.1. The van der Waals surface area contributed by atoms with Crippen molar-refractivity contribution in [2.45, 2.75) is 0 Å². The summed E-state index contributed by atoms with van der Waals surface area (Å²) in [6, 6.07) is 11.5. The monoisotopic (exact) mass is 438 g/mol. The Bertz CT molecular complexity index is 1010. The SMILES string of the molecule is CN1CCN(c2ccnc(Nc3ncc(-c4ccc(C(=O)NCCO)cc4)s3)c2)CC1. The lowest BCUT2D eigenvalue weighted by molar-refractivity contribution is 0.0945. The maximum atomic E-state index is 12.0. The van der Waals surface area contributed by atoms with Crippen molar-refractivity contribution >= 4 is 33.9 Å². The lowest BCUT2D eigenvalue weighted by Gasteiger charge is -2.34. The molecule has 0 atom stereocenters. The molecule has 0 bridgehead atoms. The van der Waals surface area contributed by atoms with Crippen LogP contribution in [0.25, 0.3) is 10.4 Å². The fourth-order valence-corrected chi connectivity index (χ4v) is 4.21. The average Bonchev–Trinajstić information content (AvgIpc) is 3.26. The van der Waals surface area contributed by atoms with E-state index in [0.29, 0.717) is 5.56 Å². The van der Waals surface area contributed by atoms with Crippen LogP contribution in [0.1, 0.15) is 10.4 Å². The lowest BCUT2D eigenvalue weighted by Crippen LogP contribution is -2.44. The van der Waals surface area contributed by atoms with Gasteiger partial charge in [-0.3, -0.25) is 4.79 Å². The van der Waals surface area contributed by atoms with E-state index in [1.165, 1.54) is 11.3 Å². The Labute approximate surface area is 185 Å². The Morgan fingerprint density at radius 3 is 2.65 bits per heavy atom. The van der Waals surface area contributed by atoms with Crippen molar-refractivity contribution in [3.05, 3.63) is 54.4 Å². The predicted octanol–water partition coefficient (Wildman–Crippen LogP) is 2.42. The molecule has 0 radical (unpaired) electrons. The third-order valence-electron chi connectivity index (χ3n) is 5.18. The first-order chi connectivity index (χ1) is 15.1. The zero-order valence-corrected chi connectivity index (χ0v) is 18.2. The molecular formula is C22H26N6O2S. The standard InChI is InChI=1S/C22H26N6O2S/c1-27-9-11-28(12-10-27)18-6-7-23-20(14-18)26-22-25-15-19(31-22)16-2-4-17(5-3-16)21(30)24-8-13-29/h2-7,14-15,29H,8-13H2,1H3,(H,24,30)(H,23,25,26). The van der Waals surface area contributed by atoms with Gasteiger partial charge in [0.2, 0.25) is 0 Å². The van der Waals surface area contributed by atoms with Gasteiger partial charge in [-0.15, -0.1) is 0 Å². The number of aliphatic hydroxyl groups excluding tert-OH is 1. The van der Waals surface area contributed by atoms with E-state index in [0.717, 1.165) is 53.3 Å². The van der Waals surface area contributed by atoms with Gasteiger partial charge in [0.25, 0.3) is 5.91 Å². The zero-order chi connectivity index (χ0) is 21.6. The van der Waals surface area contributed by atoms with Crippen LogP contribution in [-0.4, -0.2) is 72.3 Å². The number of aliphatic hydroxyl groups is 1. The number of benzene rings is 1. The molecule has 1 aromatic carbocycles. The van der Waals surface area contributed by atoms with Crippen molar-refractivity contribution in [1.29, 1.82) is 0 Å². The smallest absolute Gasteiger partial charge is 0.251 e. The van der Waals surface area contributed by atoms with Gasteiger partial charge in [-0.05, 0) is 30.8 Å². The molecule has 2 aromatic heterocycles. The number of aromatic nitrogens is 2. The molecule has 0 aliphatic carbocycles. The van der Waals surface area contributed by atoms with Gasteiger partial charge < -0.3 is 25.5 Å². The third-order valence-corrected chi connectivity index (χ3v) is 6.14. The minimum Gasteiger partial charge on any atom is -0.395 e. The van der Waals surface area contributed by atoms with Gasteiger partial charge >= 0.3 is 0 Å². The summed E-state index contributed by atoms with van der Waals surface area (Å²) >= 11 is 1.53. The van der Waals surface area contributed by atoms with Gasteiger partial charge in [0.15, 0.2) is 5.13 Å². The molecule has 0 unspecified atom stereocenters. The number of thiazole rings is 1. The molecule has 1 saturated heterocycles. The second kappa shape index (κ2) is 9.86. The molecule has 0 spiro atoms. The van der Waals surface area contributed by atoms with E-state index in [1.807, 2.05) is 30.6 Å². The average molecular weight is 439 g/mol. The van der Waals surface area contributed by atoms with Crippen LogP contribution in [0.5, 0.6) is 0 Å². The Morgan fingerprint density at radius 2 is 1.90 bits per heavy atom. The number of hydrogen-bond acceptors (Lipinski definition) is 8. The number of carbonyl (C=O) groups excluding carboxylic acids is 1. The van der Waals surface area contributed by atoms with E-state index in [9.17, 15) is 4.79 Å². The van der Waals surface area contributed by atoms with Crippen molar-refractivity contribution in [3.8, 4) is 10.4 Å². The van der Waals surface area contributed by atoms with Gasteiger partial charge in [0.05, 0.1) is 11.5 Å². The number of rotatable bonds is 7. The molecule has 3 N–H and O–H groups in total. The van der Waals surface area contributed by atoms with Crippen LogP contribution in [0.15, 0.2) is 48.8 Å². The molecule has 4 rings (SSSR count). The Morgan fingerprint density at radius 1 is 1.13 bits per heavy atom. The number of piperazine rings is 1. The van der Waals surface area contributed by atoms with Crippen LogP contribution in [0.2, 0.25) is 0 Å². The van der Waals surface area contributed by atoms with Crippen molar-refractivity contribution in [2.75, 3.05) is 56.6 Å². The van der Waals surface area contributed by atoms with Gasteiger partial charge in [0, 0.05) is 62.4 Å². The number of pyridine rings is 1. The minimum atomic E-state index is -0.196. The molecule has 162 valence electrons. The number of nitrogens with zero attached hydrogens (tertiary/aromatic N) is 4. The number of anilines is 3. The Hall–Kier alpha value is -3.01. The molecule has 0 saturated carbocycles. The lowest BCUT2D eigenvalue weighted by atomic mass is 10.1. The van der Waals surface area contributed by atoms with E-state index in [1.54, 1.807) is 12.1 Å². The van der Waals surface area contributed by atoms with Crippen molar-refractivity contribution in [3.63, 3.8) is 0 Å². The van der Waals surface area contributed by atoms with E-state index in [-0.39, 0.29) is 19.1 Å². The first-order valence-electron chi connectivity index (χ1n) is 10.2. The Kier molecular flexibility index (Phi) is 6.76. The Balaban J connectivity index is 1.41. The molecule has 9 heteroatoms. The zero-order valence-electron chi connectivity index (χ0n) is 17.4. The van der Waals surface area contributed by atoms with Crippen LogP contribution in [0, 0.1) is 0 Å². The molecule has 8 nitrogen and oxygen atoms in total. The van der Waals surface area contributed by atoms with Crippen LogP contribution < -0.4 is 15.5 Å². The molecule has 1 aliphatic rings. The number of amides is 1. The molecule has 31 heavy (non-hydrogen) atoms. The van der Waals surface area contributed by atoms with Crippen molar-refractivity contribution in [1.82, 2.24) is 20.2 Å². The van der Waals surface area contributed by atoms with E-state index in [2.05, 4.69) is 43.5 Å². The summed E-state index contributed by atoms with van der Waals surface area (Å²) in [5, 5.41) is 15.5. The number of hydrogen-bond donors (Lipinski definition) is 3. The summed E-state index contributed by atoms with van der Waals surface area (Å²) in [6.45, 7) is 4.30. The van der Waals surface area contributed by atoms with E-state index >= 15 is 0 Å². The summed E-state index contributed by atoms with van der Waals surface area (Å²) in [6.07, 6.45) is 3.64. The van der Waals surface area contributed by atoms with Gasteiger partial charge in [0.1, 0.15) is 5.82 Å². The fourth-order valence-electron chi connectivity index (χ4n) is 3.38. The van der Waals surface area contributed by atoms with Crippen LogP contribution in [0.4, 0.5) is 16.6 Å². The van der Waals surface area contributed by atoms with Crippen LogP contribution >= 0.6 is 11.3 Å². The number of likely N-dealkylation sites (N-methyl/N-ethyl adjacent to an activating group) is 1. The summed E-state index contributed by atoms with van der Waals surface area (Å²) < 4.78 is 0. The quantitative estimate of drug-likeness (QED) is 0.522. The normalized spacial score (nSPS) is 14.5. The highest BCUT2D eigenvalue weighted by Crippen LogP contribution is 2.31. The maximum absolute atomic E-state index is 12.0. The molecule has 1 amide bonds. The van der Waals surface area contributed by atoms with E-state index in [4.69, 9.17) is 5.11 Å². The largest absolute Gasteiger partial charge is 0.395 e. The van der Waals surface area contributed by atoms with Gasteiger partial charge in [-0.25, -0.2) is 9.97 Å². The highest BCUT2D eigenvalue weighted by atomic mass is 32.1. The molecule has 3 heterocycles. The highest BCUT2D eigenvalue weighted by Gasteiger charge is 2.15. The molecule has 1 aliphatic heterocycles. The number of carbonyl (C=O) groups is 1. The minimum absolute atomic E-state index is 0.0758. The summed E-state index contributed by atoms with van der Waals surface area (Å²) in [5.74, 6) is 0.576. The van der Waals surface area contributed by atoms with E-state index < -0.39 is 0 Å². The first kappa shape index (κ1) is 21.2. The summed E-state index contributed by atoms with van der Waals surface area (Å²) in [4.78, 5) is 26.6. The molecule has 3 aromatic rings. The van der Waals surface area contributed by atoms with Crippen molar-refractivity contribution < 1.29 is 9.90 Å².